The van der Waals surface area contributed by atoms with Crippen molar-refractivity contribution in [2.75, 3.05) is 13.2 Å². The maximum absolute atomic E-state index is 13.4. The standard InChI is InChI=1S/C11H14FNO/c12-10-4-2-1-3-8(10)9-5-11(9,6-13)7-14/h1-4,9,14H,5-7,13H2. The van der Waals surface area contributed by atoms with Crippen molar-refractivity contribution in [2.45, 2.75) is 12.3 Å². The summed E-state index contributed by atoms with van der Waals surface area (Å²) in [5.74, 6) is -0.0972. The topological polar surface area (TPSA) is 46.2 Å². The lowest BCUT2D eigenvalue weighted by Crippen LogP contribution is -2.21. The third kappa shape index (κ3) is 1.33. The molecule has 0 radical (unpaired) electrons. The average molecular weight is 195 g/mol. The van der Waals surface area contributed by atoms with E-state index >= 15 is 0 Å². The van der Waals surface area contributed by atoms with E-state index in [-0.39, 0.29) is 23.8 Å². The Morgan fingerprint density at radius 1 is 1.50 bits per heavy atom. The van der Waals surface area contributed by atoms with E-state index in [2.05, 4.69) is 0 Å². The van der Waals surface area contributed by atoms with Gasteiger partial charge in [0.1, 0.15) is 5.82 Å². The molecule has 1 aliphatic carbocycles. The molecule has 76 valence electrons. The van der Waals surface area contributed by atoms with Gasteiger partial charge in [0.2, 0.25) is 0 Å². The van der Waals surface area contributed by atoms with Crippen molar-refractivity contribution in [3.63, 3.8) is 0 Å². The second-order valence-electron chi connectivity index (χ2n) is 4.00. The summed E-state index contributed by atoms with van der Waals surface area (Å²) in [5.41, 5.74) is 6.00. The molecule has 1 aromatic rings. The van der Waals surface area contributed by atoms with E-state index in [9.17, 15) is 9.50 Å². The Balaban J connectivity index is 2.24. The van der Waals surface area contributed by atoms with Crippen LogP contribution in [-0.4, -0.2) is 18.3 Å². The number of hydrogen-bond donors (Lipinski definition) is 2. The maximum atomic E-state index is 13.4. The van der Waals surface area contributed by atoms with Crippen LogP contribution in [0.2, 0.25) is 0 Å². The number of halogens is 1. The molecule has 0 spiro atoms. The second kappa shape index (κ2) is 3.33. The van der Waals surface area contributed by atoms with Gasteiger partial charge in [0.15, 0.2) is 0 Å². The predicted molar refractivity (Wildman–Crippen MR) is 52.3 cm³/mol. The fourth-order valence-corrected chi connectivity index (χ4v) is 2.01. The Kier molecular flexibility index (Phi) is 2.29. The van der Waals surface area contributed by atoms with Gasteiger partial charge >= 0.3 is 0 Å². The molecule has 0 saturated heterocycles. The highest BCUT2D eigenvalue weighted by Gasteiger charge is 2.54. The Morgan fingerprint density at radius 3 is 2.71 bits per heavy atom. The van der Waals surface area contributed by atoms with Crippen LogP contribution < -0.4 is 5.73 Å². The predicted octanol–water partition coefficient (Wildman–Crippen LogP) is 1.25. The molecular weight excluding hydrogens is 181 g/mol. The normalized spacial score (nSPS) is 30.4. The molecular formula is C11H14FNO. The Bertz CT molecular complexity index is 336. The molecule has 1 aliphatic rings. The number of rotatable bonds is 3. The van der Waals surface area contributed by atoms with Gasteiger partial charge < -0.3 is 10.8 Å². The van der Waals surface area contributed by atoms with E-state index in [0.717, 1.165) is 6.42 Å². The first-order chi connectivity index (χ1) is 6.73. The fourth-order valence-electron chi connectivity index (χ4n) is 2.01. The summed E-state index contributed by atoms with van der Waals surface area (Å²) in [5, 5.41) is 9.18. The van der Waals surface area contributed by atoms with Crippen molar-refractivity contribution in [3.05, 3.63) is 35.6 Å². The van der Waals surface area contributed by atoms with Crippen LogP contribution in [0.4, 0.5) is 4.39 Å². The first-order valence-corrected chi connectivity index (χ1v) is 4.79. The van der Waals surface area contributed by atoms with Gasteiger partial charge in [-0.1, -0.05) is 18.2 Å². The molecule has 0 aromatic heterocycles. The van der Waals surface area contributed by atoms with Gasteiger partial charge in [0, 0.05) is 12.0 Å². The highest BCUT2D eigenvalue weighted by molar-refractivity contribution is 5.31. The fraction of sp³-hybridized carbons (Fsp3) is 0.455. The summed E-state index contributed by atoms with van der Waals surface area (Å²) in [7, 11) is 0. The van der Waals surface area contributed by atoms with Crippen LogP contribution in [0.3, 0.4) is 0 Å². The van der Waals surface area contributed by atoms with Crippen LogP contribution >= 0.6 is 0 Å². The van der Waals surface area contributed by atoms with Gasteiger partial charge in [0.25, 0.3) is 0 Å². The molecule has 2 atom stereocenters. The highest BCUT2D eigenvalue weighted by Crippen LogP contribution is 2.58. The van der Waals surface area contributed by atoms with Crippen LogP contribution in [-0.2, 0) is 0 Å². The molecule has 2 nitrogen and oxygen atoms in total. The molecule has 0 bridgehead atoms. The van der Waals surface area contributed by atoms with E-state index in [1.165, 1.54) is 6.07 Å². The van der Waals surface area contributed by atoms with Gasteiger partial charge in [-0.05, 0) is 24.0 Å². The van der Waals surface area contributed by atoms with E-state index in [1.54, 1.807) is 12.1 Å². The third-order valence-electron chi connectivity index (χ3n) is 3.19. The lowest BCUT2D eigenvalue weighted by Gasteiger charge is -2.11. The van der Waals surface area contributed by atoms with E-state index < -0.39 is 0 Å². The largest absolute Gasteiger partial charge is 0.396 e. The molecule has 14 heavy (non-hydrogen) atoms. The lowest BCUT2D eigenvalue weighted by molar-refractivity contribution is 0.211. The smallest absolute Gasteiger partial charge is 0.126 e. The molecule has 1 saturated carbocycles. The Labute approximate surface area is 82.5 Å². The molecule has 1 fully saturated rings. The SMILES string of the molecule is NCC1(CO)CC1c1ccccc1F. The summed E-state index contributed by atoms with van der Waals surface area (Å²) in [6, 6.07) is 6.71. The number of aliphatic hydroxyl groups is 1. The molecule has 2 rings (SSSR count). The monoisotopic (exact) mass is 195 g/mol. The zero-order valence-corrected chi connectivity index (χ0v) is 7.91. The Morgan fingerprint density at radius 2 is 2.21 bits per heavy atom. The second-order valence-corrected chi connectivity index (χ2v) is 4.00. The van der Waals surface area contributed by atoms with Crippen LogP contribution in [0.15, 0.2) is 24.3 Å². The van der Waals surface area contributed by atoms with Crippen LogP contribution in [0.25, 0.3) is 0 Å². The van der Waals surface area contributed by atoms with Crippen molar-refractivity contribution < 1.29 is 9.50 Å². The minimum absolute atomic E-state index is 0.0441. The number of hydrogen-bond acceptors (Lipinski definition) is 2. The van der Waals surface area contributed by atoms with Crippen molar-refractivity contribution >= 4 is 0 Å². The highest BCUT2D eigenvalue weighted by atomic mass is 19.1. The minimum atomic E-state index is -0.262. The molecule has 0 amide bonds. The first-order valence-electron chi connectivity index (χ1n) is 4.79. The van der Waals surface area contributed by atoms with Gasteiger partial charge in [-0.2, -0.15) is 0 Å². The molecule has 0 aliphatic heterocycles. The van der Waals surface area contributed by atoms with E-state index in [4.69, 9.17) is 5.73 Å². The Hall–Kier alpha value is -0.930. The zero-order chi connectivity index (χ0) is 10.2. The van der Waals surface area contributed by atoms with Gasteiger partial charge in [-0.15, -0.1) is 0 Å². The van der Waals surface area contributed by atoms with Crippen LogP contribution in [0.1, 0.15) is 17.9 Å². The average Bonchev–Trinajstić information content (AvgIpc) is 2.94. The number of aliphatic hydroxyl groups excluding tert-OH is 1. The van der Waals surface area contributed by atoms with Gasteiger partial charge in [-0.25, -0.2) is 4.39 Å². The summed E-state index contributed by atoms with van der Waals surface area (Å²) in [6.07, 6.45) is 0.793. The number of benzene rings is 1. The van der Waals surface area contributed by atoms with E-state index in [1.807, 2.05) is 6.07 Å². The molecule has 3 heteroatoms. The van der Waals surface area contributed by atoms with Crippen molar-refractivity contribution in [1.29, 1.82) is 0 Å². The van der Waals surface area contributed by atoms with Gasteiger partial charge in [-0.3, -0.25) is 0 Å². The quantitative estimate of drug-likeness (QED) is 0.762. The van der Waals surface area contributed by atoms with Gasteiger partial charge in [0.05, 0.1) is 6.61 Å². The maximum Gasteiger partial charge on any atom is 0.126 e. The minimum Gasteiger partial charge on any atom is -0.396 e. The van der Waals surface area contributed by atoms with Crippen LogP contribution in [0, 0.1) is 11.2 Å². The molecule has 2 unspecified atom stereocenters. The number of nitrogens with two attached hydrogens (primary N) is 1. The molecule has 1 aromatic carbocycles. The molecule has 3 N–H and O–H groups in total. The summed E-state index contributed by atoms with van der Waals surface area (Å²) < 4.78 is 13.4. The third-order valence-corrected chi connectivity index (χ3v) is 3.19. The van der Waals surface area contributed by atoms with Crippen LogP contribution in [0.5, 0.6) is 0 Å². The summed E-state index contributed by atoms with van der Waals surface area (Å²) in [4.78, 5) is 0. The summed E-state index contributed by atoms with van der Waals surface area (Å²) in [6.45, 7) is 0.463. The zero-order valence-electron chi connectivity index (χ0n) is 7.91. The summed E-state index contributed by atoms with van der Waals surface area (Å²) >= 11 is 0. The van der Waals surface area contributed by atoms with Crippen molar-refractivity contribution in [3.8, 4) is 0 Å². The van der Waals surface area contributed by atoms with Crippen molar-refractivity contribution in [2.24, 2.45) is 11.1 Å². The van der Waals surface area contributed by atoms with Crippen molar-refractivity contribution in [1.82, 2.24) is 0 Å². The molecule has 0 heterocycles. The van der Waals surface area contributed by atoms with E-state index in [0.29, 0.717) is 12.1 Å². The first kappa shape index (κ1) is 9.62. The lowest BCUT2D eigenvalue weighted by atomic mass is 10.00.